The molecule has 0 radical (unpaired) electrons. The normalized spacial score (nSPS) is 18.2. The molecule has 1 aliphatic carbocycles. The summed E-state index contributed by atoms with van der Waals surface area (Å²) >= 11 is 6.12. The third kappa shape index (κ3) is 3.35. The predicted molar refractivity (Wildman–Crippen MR) is 82.6 cm³/mol. The van der Waals surface area contributed by atoms with E-state index in [1.54, 1.807) is 25.2 Å². The van der Waals surface area contributed by atoms with Crippen LogP contribution in [0.15, 0.2) is 23.1 Å². The van der Waals surface area contributed by atoms with E-state index in [0.29, 0.717) is 5.02 Å². The molecule has 1 fully saturated rings. The first-order valence-corrected chi connectivity index (χ1v) is 8.99. The van der Waals surface area contributed by atoms with Gasteiger partial charge in [0.05, 0.1) is 5.02 Å². The van der Waals surface area contributed by atoms with E-state index in [2.05, 4.69) is 0 Å². The molecule has 0 bridgehead atoms. The molecule has 0 aromatic heterocycles. The molecule has 1 saturated carbocycles. The van der Waals surface area contributed by atoms with E-state index in [4.69, 9.17) is 11.6 Å². The molecule has 2 rings (SSSR count). The van der Waals surface area contributed by atoms with E-state index in [0.717, 1.165) is 31.2 Å². The number of halogens is 1. The number of aryl methyl sites for hydroxylation is 1. The largest absolute Gasteiger partial charge is 0.244 e. The van der Waals surface area contributed by atoms with Crippen molar-refractivity contribution in [1.29, 1.82) is 0 Å². The van der Waals surface area contributed by atoms with Crippen LogP contribution in [0.2, 0.25) is 5.02 Å². The van der Waals surface area contributed by atoms with Crippen molar-refractivity contribution in [3.63, 3.8) is 0 Å². The lowest BCUT2D eigenvalue weighted by Gasteiger charge is -2.26. The zero-order chi connectivity index (χ0) is 14.8. The highest BCUT2D eigenvalue weighted by atomic mass is 35.5. The molecule has 0 amide bonds. The van der Waals surface area contributed by atoms with Crippen LogP contribution in [0.3, 0.4) is 0 Å². The van der Waals surface area contributed by atoms with Gasteiger partial charge in [0.15, 0.2) is 0 Å². The maximum Gasteiger partial charge on any atom is 0.244 e. The first-order valence-electron chi connectivity index (χ1n) is 7.17. The van der Waals surface area contributed by atoms with Crippen molar-refractivity contribution in [2.24, 2.45) is 0 Å². The van der Waals surface area contributed by atoms with E-state index in [1.165, 1.54) is 17.1 Å². The average Bonchev–Trinajstić information content (AvgIpc) is 2.66. The van der Waals surface area contributed by atoms with Gasteiger partial charge in [-0.2, -0.15) is 4.31 Å². The number of hydrogen-bond acceptors (Lipinski definition) is 2. The summed E-state index contributed by atoms with van der Waals surface area (Å²) in [4.78, 5) is 0.219. The van der Waals surface area contributed by atoms with Crippen LogP contribution in [0.4, 0.5) is 0 Å². The summed E-state index contributed by atoms with van der Waals surface area (Å²) in [6.45, 7) is 1.90. The molecule has 5 heteroatoms. The summed E-state index contributed by atoms with van der Waals surface area (Å²) in [7, 11) is -1.82. The average molecular weight is 316 g/mol. The second-order valence-electron chi connectivity index (χ2n) is 5.60. The van der Waals surface area contributed by atoms with Crippen LogP contribution in [-0.2, 0) is 10.0 Å². The van der Waals surface area contributed by atoms with Crippen molar-refractivity contribution in [2.75, 3.05) is 7.05 Å². The van der Waals surface area contributed by atoms with Crippen LogP contribution >= 0.6 is 11.6 Å². The van der Waals surface area contributed by atoms with Crippen molar-refractivity contribution in [3.05, 3.63) is 28.8 Å². The standard InChI is InChI=1S/C15H22ClNO2S/c1-12-9-10-15(14(16)11-12)20(18,19)17(2)13-7-5-3-4-6-8-13/h9-11,13H,3-8H2,1-2H3. The van der Waals surface area contributed by atoms with Gasteiger partial charge in [-0.15, -0.1) is 0 Å². The van der Waals surface area contributed by atoms with Crippen molar-refractivity contribution in [3.8, 4) is 0 Å². The van der Waals surface area contributed by atoms with Gasteiger partial charge >= 0.3 is 0 Å². The lowest BCUT2D eigenvalue weighted by atomic mass is 10.1. The molecule has 0 heterocycles. The summed E-state index contributed by atoms with van der Waals surface area (Å²) < 4.78 is 27.0. The zero-order valence-electron chi connectivity index (χ0n) is 12.1. The highest BCUT2D eigenvalue weighted by molar-refractivity contribution is 7.89. The SMILES string of the molecule is Cc1ccc(S(=O)(=O)N(C)C2CCCCCC2)c(Cl)c1. The molecule has 1 aliphatic rings. The molecular weight excluding hydrogens is 294 g/mol. The maximum absolute atomic E-state index is 12.7. The fourth-order valence-corrected chi connectivity index (χ4v) is 4.77. The Morgan fingerprint density at radius 1 is 1.15 bits per heavy atom. The fraction of sp³-hybridized carbons (Fsp3) is 0.600. The molecule has 0 unspecified atom stereocenters. The van der Waals surface area contributed by atoms with Crippen LogP contribution in [0.25, 0.3) is 0 Å². The molecule has 20 heavy (non-hydrogen) atoms. The quantitative estimate of drug-likeness (QED) is 0.791. The Morgan fingerprint density at radius 3 is 2.30 bits per heavy atom. The number of rotatable bonds is 3. The lowest BCUT2D eigenvalue weighted by molar-refractivity contribution is 0.336. The number of hydrogen-bond donors (Lipinski definition) is 0. The Kier molecular flexibility index (Phi) is 5.10. The number of nitrogens with zero attached hydrogens (tertiary/aromatic N) is 1. The lowest BCUT2D eigenvalue weighted by Crippen LogP contribution is -2.36. The van der Waals surface area contributed by atoms with Crippen LogP contribution in [0.5, 0.6) is 0 Å². The molecular formula is C15H22ClNO2S. The minimum atomic E-state index is -3.50. The highest BCUT2D eigenvalue weighted by Gasteiger charge is 2.29. The van der Waals surface area contributed by atoms with Crippen LogP contribution in [0.1, 0.15) is 44.1 Å². The minimum Gasteiger partial charge on any atom is -0.207 e. The van der Waals surface area contributed by atoms with Gasteiger partial charge in [-0.3, -0.25) is 0 Å². The molecule has 0 saturated heterocycles. The van der Waals surface area contributed by atoms with Gasteiger partial charge in [0, 0.05) is 13.1 Å². The molecule has 1 aromatic rings. The smallest absolute Gasteiger partial charge is 0.207 e. The van der Waals surface area contributed by atoms with Crippen LogP contribution in [0, 0.1) is 6.92 Å². The summed E-state index contributed by atoms with van der Waals surface area (Å²) in [5, 5.41) is 0.311. The predicted octanol–water partition coefficient (Wildman–Crippen LogP) is 3.99. The third-order valence-electron chi connectivity index (χ3n) is 4.08. The summed E-state index contributed by atoms with van der Waals surface area (Å²) in [6, 6.07) is 5.20. The van der Waals surface area contributed by atoms with E-state index in [1.807, 2.05) is 6.92 Å². The molecule has 0 N–H and O–H groups in total. The van der Waals surface area contributed by atoms with E-state index in [-0.39, 0.29) is 10.9 Å². The van der Waals surface area contributed by atoms with Gasteiger partial charge in [-0.1, -0.05) is 43.4 Å². The molecule has 0 spiro atoms. The van der Waals surface area contributed by atoms with Gasteiger partial charge in [0.25, 0.3) is 0 Å². The second-order valence-corrected chi connectivity index (χ2v) is 7.97. The molecule has 0 atom stereocenters. The number of sulfonamides is 1. The molecule has 3 nitrogen and oxygen atoms in total. The number of benzene rings is 1. The van der Waals surface area contributed by atoms with Crippen molar-refractivity contribution in [2.45, 2.75) is 56.4 Å². The summed E-state index contributed by atoms with van der Waals surface area (Å²) in [5.41, 5.74) is 0.964. The third-order valence-corrected chi connectivity index (χ3v) is 6.48. The zero-order valence-corrected chi connectivity index (χ0v) is 13.7. The summed E-state index contributed by atoms with van der Waals surface area (Å²) in [5.74, 6) is 0. The van der Waals surface area contributed by atoms with Gasteiger partial charge in [0.2, 0.25) is 10.0 Å². The first-order chi connectivity index (χ1) is 9.43. The van der Waals surface area contributed by atoms with E-state index >= 15 is 0 Å². The fourth-order valence-electron chi connectivity index (χ4n) is 2.79. The molecule has 112 valence electrons. The van der Waals surface area contributed by atoms with E-state index in [9.17, 15) is 8.42 Å². The second kappa shape index (κ2) is 6.46. The highest BCUT2D eigenvalue weighted by Crippen LogP contribution is 2.29. The van der Waals surface area contributed by atoms with Crippen molar-refractivity contribution < 1.29 is 8.42 Å². The van der Waals surface area contributed by atoms with Crippen molar-refractivity contribution >= 4 is 21.6 Å². The van der Waals surface area contributed by atoms with Gasteiger partial charge in [-0.25, -0.2) is 8.42 Å². The van der Waals surface area contributed by atoms with Gasteiger partial charge in [-0.05, 0) is 37.5 Å². The van der Waals surface area contributed by atoms with Crippen LogP contribution < -0.4 is 0 Å². The first kappa shape index (κ1) is 15.8. The topological polar surface area (TPSA) is 37.4 Å². The maximum atomic E-state index is 12.7. The minimum absolute atomic E-state index is 0.0971. The van der Waals surface area contributed by atoms with E-state index < -0.39 is 10.0 Å². The Bertz CT molecular complexity index is 563. The molecule has 0 aliphatic heterocycles. The Balaban J connectivity index is 2.28. The van der Waals surface area contributed by atoms with Crippen LogP contribution in [-0.4, -0.2) is 25.8 Å². The van der Waals surface area contributed by atoms with Gasteiger partial charge < -0.3 is 0 Å². The monoisotopic (exact) mass is 315 g/mol. The Hall–Kier alpha value is -0.580. The van der Waals surface area contributed by atoms with Crippen molar-refractivity contribution in [1.82, 2.24) is 4.31 Å². The Morgan fingerprint density at radius 2 is 1.75 bits per heavy atom. The Labute approximate surface area is 127 Å². The van der Waals surface area contributed by atoms with Gasteiger partial charge in [0.1, 0.15) is 4.90 Å². The summed E-state index contributed by atoms with van der Waals surface area (Å²) in [6.07, 6.45) is 6.50. The molecule has 1 aromatic carbocycles.